The molecular weight excluding hydrogens is 158 g/mol. The predicted molar refractivity (Wildman–Crippen MR) is 58.8 cm³/mol. The fourth-order valence-electron chi connectivity index (χ4n) is 2.02. The van der Waals surface area contributed by atoms with Gasteiger partial charge in [-0.05, 0) is 38.1 Å². The second kappa shape index (κ2) is 5.43. The topological polar surface area (TPSA) is 12.0 Å². The van der Waals surface area contributed by atoms with Gasteiger partial charge in [0.05, 0.1) is 0 Å². The van der Waals surface area contributed by atoms with Crippen molar-refractivity contribution in [3.05, 3.63) is 12.2 Å². The number of rotatable bonds is 4. The molecule has 0 heterocycles. The van der Waals surface area contributed by atoms with Gasteiger partial charge in [-0.3, -0.25) is 0 Å². The van der Waals surface area contributed by atoms with Crippen LogP contribution in [0.3, 0.4) is 0 Å². The molecule has 0 bridgehead atoms. The quantitative estimate of drug-likeness (QED) is 0.657. The molecule has 76 valence electrons. The second-order valence-corrected chi connectivity index (χ2v) is 4.71. The van der Waals surface area contributed by atoms with E-state index in [4.69, 9.17) is 0 Å². The van der Waals surface area contributed by atoms with E-state index in [1.165, 1.54) is 37.8 Å². The SMILES string of the molecule is C=C(C)CNCC1CCC(C)CC1. The van der Waals surface area contributed by atoms with Crippen LogP contribution in [0.2, 0.25) is 0 Å². The third kappa shape index (κ3) is 4.47. The average molecular weight is 181 g/mol. The Balaban J connectivity index is 2.05. The van der Waals surface area contributed by atoms with Crippen LogP contribution in [0.5, 0.6) is 0 Å². The summed E-state index contributed by atoms with van der Waals surface area (Å²) in [6.07, 6.45) is 5.70. The molecule has 1 fully saturated rings. The maximum atomic E-state index is 3.89. The molecule has 0 saturated heterocycles. The van der Waals surface area contributed by atoms with Crippen molar-refractivity contribution < 1.29 is 0 Å². The third-order valence-corrected chi connectivity index (χ3v) is 3.00. The highest BCUT2D eigenvalue weighted by molar-refractivity contribution is 4.90. The van der Waals surface area contributed by atoms with Crippen LogP contribution in [0, 0.1) is 11.8 Å². The molecular formula is C12H23N. The highest BCUT2D eigenvalue weighted by Crippen LogP contribution is 2.27. The average Bonchev–Trinajstić information content (AvgIpc) is 2.08. The fraction of sp³-hybridized carbons (Fsp3) is 0.833. The van der Waals surface area contributed by atoms with Crippen molar-refractivity contribution in [2.75, 3.05) is 13.1 Å². The van der Waals surface area contributed by atoms with Crippen LogP contribution in [-0.2, 0) is 0 Å². The molecule has 1 saturated carbocycles. The Morgan fingerprint density at radius 2 is 1.92 bits per heavy atom. The van der Waals surface area contributed by atoms with Crippen LogP contribution in [0.4, 0.5) is 0 Å². The Morgan fingerprint density at radius 3 is 2.46 bits per heavy atom. The molecule has 0 amide bonds. The second-order valence-electron chi connectivity index (χ2n) is 4.71. The Morgan fingerprint density at radius 1 is 1.31 bits per heavy atom. The molecule has 0 aromatic heterocycles. The third-order valence-electron chi connectivity index (χ3n) is 3.00. The maximum Gasteiger partial charge on any atom is 0.0159 e. The molecule has 0 spiro atoms. The summed E-state index contributed by atoms with van der Waals surface area (Å²) in [5, 5.41) is 3.47. The van der Waals surface area contributed by atoms with Gasteiger partial charge in [-0.1, -0.05) is 31.9 Å². The van der Waals surface area contributed by atoms with Gasteiger partial charge in [0, 0.05) is 6.54 Å². The summed E-state index contributed by atoms with van der Waals surface area (Å²) < 4.78 is 0. The van der Waals surface area contributed by atoms with Gasteiger partial charge in [0.2, 0.25) is 0 Å². The first-order valence-corrected chi connectivity index (χ1v) is 5.53. The zero-order chi connectivity index (χ0) is 9.68. The van der Waals surface area contributed by atoms with Gasteiger partial charge in [0.25, 0.3) is 0 Å². The lowest BCUT2D eigenvalue weighted by molar-refractivity contribution is 0.284. The molecule has 1 aliphatic carbocycles. The van der Waals surface area contributed by atoms with Gasteiger partial charge in [-0.25, -0.2) is 0 Å². The Labute approximate surface area is 82.6 Å². The van der Waals surface area contributed by atoms with E-state index in [0.717, 1.165) is 18.4 Å². The van der Waals surface area contributed by atoms with Crippen molar-refractivity contribution in [3.63, 3.8) is 0 Å². The summed E-state index contributed by atoms with van der Waals surface area (Å²) in [4.78, 5) is 0. The summed E-state index contributed by atoms with van der Waals surface area (Å²) in [5.74, 6) is 1.90. The highest BCUT2D eigenvalue weighted by Gasteiger charge is 2.17. The molecule has 13 heavy (non-hydrogen) atoms. The minimum atomic E-state index is 0.926. The van der Waals surface area contributed by atoms with E-state index in [1.807, 2.05) is 0 Å². The summed E-state index contributed by atoms with van der Waals surface area (Å²) in [6.45, 7) is 10.5. The molecule has 0 aromatic rings. The molecule has 0 aromatic carbocycles. The molecule has 1 heteroatoms. The van der Waals surface area contributed by atoms with Crippen LogP contribution in [0.25, 0.3) is 0 Å². The fourth-order valence-corrected chi connectivity index (χ4v) is 2.02. The number of hydrogen-bond donors (Lipinski definition) is 1. The Kier molecular flexibility index (Phi) is 4.51. The van der Waals surface area contributed by atoms with Crippen LogP contribution in [0.1, 0.15) is 39.5 Å². The van der Waals surface area contributed by atoms with Crippen molar-refractivity contribution in [1.29, 1.82) is 0 Å². The molecule has 0 radical (unpaired) electrons. The van der Waals surface area contributed by atoms with Crippen LogP contribution >= 0.6 is 0 Å². The largest absolute Gasteiger partial charge is 0.313 e. The van der Waals surface area contributed by atoms with Gasteiger partial charge in [0.1, 0.15) is 0 Å². The lowest BCUT2D eigenvalue weighted by Crippen LogP contribution is -2.27. The number of hydrogen-bond acceptors (Lipinski definition) is 1. The van der Waals surface area contributed by atoms with Crippen LogP contribution in [-0.4, -0.2) is 13.1 Å². The van der Waals surface area contributed by atoms with E-state index in [9.17, 15) is 0 Å². The lowest BCUT2D eigenvalue weighted by Gasteiger charge is -2.26. The van der Waals surface area contributed by atoms with E-state index >= 15 is 0 Å². The summed E-state index contributed by atoms with van der Waals surface area (Å²) in [7, 11) is 0. The van der Waals surface area contributed by atoms with Gasteiger partial charge < -0.3 is 5.32 Å². The minimum absolute atomic E-state index is 0.926. The lowest BCUT2D eigenvalue weighted by atomic mass is 9.83. The van der Waals surface area contributed by atoms with E-state index in [-0.39, 0.29) is 0 Å². The van der Waals surface area contributed by atoms with E-state index in [0.29, 0.717) is 0 Å². The van der Waals surface area contributed by atoms with Gasteiger partial charge in [-0.2, -0.15) is 0 Å². The molecule has 0 atom stereocenters. The first-order valence-electron chi connectivity index (χ1n) is 5.53. The number of nitrogens with one attached hydrogen (secondary N) is 1. The summed E-state index contributed by atoms with van der Waals surface area (Å²) in [6, 6.07) is 0. The highest BCUT2D eigenvalue weighted by atomic mass is 14.9. The van der Waals surface area contributed by atoms with Crippen molar-refractivity contribution in [3.8, 4) is 0 Å². The Bertz CT molecular complexity index is 155. The molecule has 1 nitrogen and oxygen atoms in total. The monoisotopic (exact) mass is 181 g/mol. The first kappa shape index (κ1) is 10.8. The smallest absolute Gasteiger partial charge is 0.0159 e. The molecule has 1 rings (SSSR count). The molecule has 1 N–H and O–H groups in total. The van der Waals surface area contributed by atoms with E-state index in [2.05, 4.69) is 25.7 Å². The van der Waals surface area contributed by atoms with Gasteiger partial charge in [-0.15, -0.1) is 0 Å². The van der Waals surface area contributed by atoms with Crippen LogP contribution in [0.15, 0.2) is 12.2 Å². The van der Waals surface area contributed by atoms with E-state index < -0.39 is 0 Å². The molecule has 1 aliphatic rings. The summed E-state index contributed by atoms with van der Waals surface area (Å²) >= 11 is 0. The zero-order valence-corrected chi connectivity index (χ0v) is 9.10. The maximum absolute atomic E-state index is 3.89. The molecule has 0 unspecified atom stereocenters. The summed E-state index contributed by atoms with van der Waals surface area (Å²) in [5.41, 5.74) is 1.24. The van der Waals surface area contributed by atoms with Gasteiger partial charge >= 0.3 is 0 Å². The van der Waals surface area contributed by atoms with Crippen molar-refractivity contribution in [2.45, 2.75) is 39.5 Å². The predicted octanol–water partition coefficient (Wildman–Crippen LogP) is 2.98. The van der Waals surface area contributed by atoms with E-state index in [1.54, 1.807) is 0 Å². The van der Waals surface area contributed by atoms with Crippen LogP contribution < -0.4 is 5.32 Å². The van der Waals surface area contributed by atoms with Crippen molar-refractivity contribution in [2.24, 2.45) is 11.8 Å². The van der Waals surface area contributed by atoms with Gasteiger partial charge in [0.15, 0.2) is 0 Å². The minimum Gasteiger partial charge on any atom is -0.313 e. The standard InChI is InChI=1S/C12H23N/c1-10(2)8-13-9-12-6-4-11(3)5-7-12/h11-13H,1,4-9H2,2-3H3. The Hall–Kier alpha value is -0.300. The van der Waals surface area contributed by atoms with Crippen molar-refractivity contribution in [1.82, 2.24) is 5.32 Å². The molecule has 0 aliphatic heterocycles. The zero-order valence-electron chi connectivity index (χ0n) is 9.10. The first-order chi connectivity index (χ1) is 6.18. The normalized spacial score (nSPS) is 28.8. The van der Waals surface area contributed by atoms with Crippen molar-refractivity contribution >= 4 is 0 Å².